The van der Waals surface area contributed by atoms with Crippen molar-refractivity contribution in [1.82, 2.24) is 5.32 Å². The molecule has 0 aromatic heterocycles. The molecule has 3 N–H and O–H groups in total. The summed E-state index contributed by atoms with van der Waals surface area (Å²) in [6.07, 6.45) is -1.93. The summed E-state index contributed by atoms with van der Waals surface area (Å²) in [5.41, 5.74) is 5.94. The summed E-state index contributed by atoms with van der Waals surface area (Å²) in [5, 5.41) is 2.50. The first-order valence-electron chi connectivity index (χ1n) is 6.71. The third kappa shape index (κ3) is 3.81. The second-order valence-electron chi connectivity index (χ2n) is 6.24. The summed E-state index contributed by atoms with van der Waals surface area (Å²) in [4.78, 5) is 0. The Hall–Kier alpha value is -0.360. The summed E-state index contributed by atoms with van der Waals surface area (Å²) in [5.74, 6) is -3.50. The van der Waals surface area contributed by atoms with Gasteiger partial charge >= 0.3 is 12.3 Å². The molecule has 0 aliphatic heterocycles. The number of halogens is 4. The van der Waals surface area contributed by atoms with Crippen LogP contribution >= 0.6 is 0 Å². The predicted molar refractivity (Wildman–Crippen MR) is 67.5 cm³/mol. The van der Waals surface area contributed by atoms with E-state index in [-0.39, 0.29) is 23.3 Å². The van der Waals surface area contributed by atoms with Crippen LogP contribution in [0.25, 0.3) is 0 Å². The van der Waals surface area contributed by atoms with Crippen LogP contribution in [-0.4, -0.2) is 31.5 Å². The average molecular weight is 284 g/mol. The number of alkyl halides is 4. The van der Waals surface area contributed by atoms with E-state index in [4.69, 9.17) is 5.73 Å². The zero-order valence-electron chi connectivity index (χ0n) is 11.7. The Morgan fingerprint density at radius 3 is 2.42 bits per heavy atom. The lowest BCUT2D eigenvalue weighted by Crippen LogP contribution is -2.50. The Kier molecular flexibility index (Phi) is 5.23. The molecule has 1 aliphatic carbocycles. The Morgan fingerprint density at radius 2 is 1.89 bits per heavy atom. The van der Waals surface area contributed by atoms with Gasteiger partial charge in [0.25, 0.3) is 0 Å². The normalized spacial score (nSPS) is 31.7. The topological polar surface area (TPSA) is 38.0 Å². The second-order valence-corrected chi connectivity index (χ2v) is 6.24. The Labute approximate surface area is 112 Å². The monoisotopic (exact) mass is 284 g/mol. The van der Waals surface area contributed by atoms with Gasteiger partial charge < -0.3 is 11.1 Å². The summed E-state index contributed by atoms with van der Waals surface area (Å²) < 4.78 is 49.7. The molecule has 1 rings (SSSR count). The van der Waals surface area contributed by atoms with Crippen molar-refractivity contribution in [3.05, 3.63) is 0 Å². The largest absolute Gasteiger partial charge is 0.327 e. The number of hydrogen-bond donors (Lipinski definition) is 2. The van der Waals surface area contributed by atoms with Gasteiger partial charge in [0.05, 0.1) is 6.54 Å². The number of nitrogens with two attached hydrogens (primary N) is 1. The van der Waals surface area contributed by atoms with Crippen LogP contribution in [0.5, 0.6) is 0 Å². The fourth-order valence-electron chi connectivity index (χ4n) is 2.79. The van der Waals surface area contributed by atoms with E-state index < -0.39 is 18.9 Å². The van der Waals surface area contributed by atoms with Gasteiger partial charge in [-0.1, -0.05) is 20.8 Å². The van der Waals surface area contributed by atoms with Gasteiger partial charge in [-0.25, -0.2) is 8.78 Å². The third-order valence-electron chi connectivity index (χ3n) is 4.79. The minimum Gasteiger partial charge on any atom is -0.327 e. The number of nitrogens with one attached hydrogen (secondary N) is 1. The van der Waals surface area contributed by atoms with Crippen LogP contribution in [0.1, 0.15) is 33.6 Å². The highest BCUT2D eigenvalue weighted by Crippen LogP contribution is 2.44. The molecule has 114 valence electrons. The van der Waals surface area contributed by atoms with E-state index >= 15 is 0 Å². The molecule has 0 bridgehead atoms. The summed E-state index contributed by atoms with van der Waals surface area (Å²) >= 11 is 0. The van der Waals surface area contributed by atoms with E-state index in [9.17, 15) is 17.6 Å². The highest BCUT2D eigenvalue weighted by molar-refractivity contribution is 4.94. The molecule has 1 fully saturated rings. The summed E-state index contributed by atoms with van der Waals surface area (Å²) in [6, 6.07) is 0.119. The minimum atomic E-state index is -3.96. The molecule has 0 amide bonds. The third-order valence-corrected chi connectivity index (χ3v) is 4.79. The fraction of sp³-hybridized carbons (Fsp3) is 1.00. The van der Waals surface area contributed by atoms with Crippen LogP contribution in [0.3, 0.4) is 0 Å². The minimum absolute atomic E-state index is 0.0786. The van der Waals surface area contributed by atoms with Crippen LogP contribution in [-0.2, 0) is 0 Å². The molecule has 0 spiro atoms. The number of hydrogen-bond acceptors (Lipinski definition) is 2. The van der Waals surface area contributed by atoms with Crippen molar-refractivity contribution in [3.63, 3.8) is 0 Å². The number of rotatable bonds is 5. The molecule has 3 unspecified atom stereocenters. The van der Waals surface area contributed by atoms with Gasteiger partial charge in [0.1, 0.15) is 0 Å². The molecule has 1 saturated carbocycles. The molecule has 1 aliphatic rings. The molecule has 0 aromatic rings. The van der Waals surface area contributed by atoms with Crippen molar-refractivity contribution in [3.8, 4) is 0 Å². The van der Waals surface area contributed by atoms with Gasteiger partial charge in [-0.15, -0.1) is 0 Å². The molecule has 0 saturated heterocycles. The maximum absolute atomic E-state index is 12.8. The SMILES string of the molecule is CC1C(N)CCC(CNCC(F)(F)C(F)F)C1(C)C. The average Bonchev–Trinajstić information content (AvgIpc) is 2.29. The molecule has 0 aromatic carbocycles. The standard InChI is InChI=1S/C13H24F4N2/c1-8-10(18)5-4-9(12(8,2)3)6-19-7-13(16,17)11(14)15/h8-11,19H,4-7,18H2,1-3H3. The molecule has 3 atom stereocenters. The van der Waals surface area contributed by atoms with E-state index in [0.717, 1.165) is 12.8 Å². The van der Waals surface area contributed by atoms with Gasteiger partial charge in [0.15, 0.2) is 0 Å². The van der Waals surface area contributed by atoms with Crippen LogP contribution in [0, 0.1) is 17.3 Å². The van der Waals surface area contributed by atoms with E-state index in [0.29, 0.717) is 6.54 Å². The smallest absolute Gasteiger partial charge is 0.319 e. The van der Waals surface area contributed by atoms with Gasteiger partial charge in [0, 0.05) is 6.04 Å². The fourth-order valence-corrected chi connectivity index (χ4v) is 2.79. The van der Waals surface area contributed by atoms with Crippen LogP contribution in [0.2, 0.25) is 0 Å². The Morgan fingerprint density at radius 1 is 1.32 bits per heavy atom. The van der Waals surface area contributed by atoms with Crippen LogP contribution in [0.4, 0.5) is 17.6 Å². The van der Waals surface area contributed by atoms with Crippen molar-refractivity contribution in [2.24, 2.45) is 23.0 Å². The highest BCUT2D eigenvalue weighted by atomic mass is 19.3. The first kappa shape index (κ1) is 16.7. The molecule has 0 radical (unpaired) electrons. The first-order chi connectivity index (χ1) is 8.59. The molecule has 6 heteroatoms. The summed E-state index contributed by atoms with van der Waals surface area (Å²) in [6.45, 7) is 5.54. The Balaban J connectivity index is 2.50. The van der Waals surface area contributed by atoms with Crippen molar-refractivity contribution < 1.29 is 17.6 Å². The van der Waals surface area contributed by atoms with Crippen molar-refractivity contribution in [1.29, 1.82) is 0 Å². The molecular formula is C13H24F4N2. The second kappa shape index (κ2) is 5.95. The predicted octanol–water partition coefficient (Wildman–Crippen LogP) is 2.88. The van der Waals surface area contributed by atoms with E-state index in [1.165, 1.54) is 0 Å². The Bertz CT molecular complexity index is 294. The van der Waals surface area contributed by atoms with Crippen LogP contribution in [0.15, 0.2) is 0 Å². The van der Waals surface area contributed by atoms with E-state index in [1.54, 1.807) is 0 Å². The maximum Gasteiger partial charge on any atom is 0.319 e. The van der Waals surface area contributed by atoms with Gasteiger partial charge in [0.2, 0.25) is 0 Å². The first-order valence-corrected chi connectivity index (χ1v) is 6.71. The van der Waals surface area contributed by atoms with Gasteiger partial charge in [-0.2, -0.15) is 8.78 Å². The maximum atomic E-state index is 12.8. The molecule has 2 nitrogen and oxygen atoms in total. The van der Waals surface area contributed by atoms with Crippen molar-refractivity contribution in [2.45, 2.75) is 52.0 Å². The van der Waals surface area contributed by atoms with Crippen molar-refractivity contribution >= 4 is 0 Å². The van der Waals surface area contributed by atoms with Crippen molar-refractivity contribution in [2.75, 3.05) is 13.1 Å². The molecular weight excluding hydrogens is 260 g/mol. The van der Waals surface area contributed by atoms with E-state index in [1.807, 2.05) is 0 Å². The summed E-state index contributed by atoms with van der Waals surface area (Å²) in [7, 11) is 0. The highest BCUT2D eigenvalue weighted by Gasteiger charge is 2.43. The zero-order valence-corrected chi connectivity index (χ0v) is 11.7. The molecule has 0 heterocycles. The quantitative estimate of drug-likeness (QED) is 0.762. The zero-order chi connectivity index (χ0) is 14.8. The van der Waals surface area contributed by atoms with Crippen LogP contribution < -0.4 is 11.1 Å². The van der Waals surface area contributed by atoms with Gasteiger partial charge in [-0.05, 0) is 36.6 Å². The lowest BCUT2D eigenvalue weighted by Gasteiger charge is -2.47. The lowest BCUT2D eigenvalue weighted by atomic mass is 9.61. The molecule has 19 heavy (non-hydrogen) atoms. The lowest BCUT2D eigenvalue weighted by molar-refractivity contribution is -0.126. The van der Waals surface area contributed by atoms with Gasteiger partial charge in [-0.3, -0.25) is 0 Å². The van der Waals surface area contributed by atoms with E-state index in [2.05, 4.69) is 26.1 Å².